The molecular formula is C23H22ClN5OS2. The molecule has 32 heavy (non-hydrogen) atoms. The van der Waals surface area contributed by atoms with E-state index in [2.05, 4.69) is 38.9 Å². The van der Waals surface area contributed by atoms with Crippen molar-refractivity contribution in [2.45, 2.75) is 11.4 Å². The predicted octanol–water partition coefficient (Wildman–Crippen LogP) is 5.22. The number of anilines is 2. The van der Waals surface area contributed by atoms with Gasteiger partial charge in [-0.15, -0.1) is 11.3 Å². The van der Waals surface area contributed by atoms with Gasteiger partial charge in [0.1, 0.15) is 6.54 Å². The lowest BCUT2D eigenvalue weighted by atomic mass is 10.2. The summed E-state index contributed by atoms with van der Waals surface area (Å²) >= 11 is 9.28. The van der Waals surface area contributed by atoms with E-state index in [1.54, 1.807) is 29.5 Å². The van der Waals surface area contributed by atoms with Gasteiger partial charge in [-0.2, -0.15) is 0 Å². The second kappa shape index (κ2) is 9.44. The lowest BCUT2D eigenvalue weighted by molar-refractivity contribution is -0.132. The van der Waals surface area contributed by atoms with Gasteiger partial charge >= 0.3 is 0 Å². The fourth-order valence-corrected chi connectivity index (χ4v) is 5.32. The summed E-state index contributed by atoms with van der Waals surface area (Å²) in [5.41, 5.74) is 2.17. The fraction of sp³-hybridized carbons (Fsp3) is 0.217. The van der Waals surface area contributed by atoms with E-state index in [9.17, 15) is 4.79 Å². The minimum atomic E-state index is 0.138. The van der Waals surface area contributed by atoms with Crippen molar-refractivity contribution in [1.82, 2.24) is 14.5 Å². The number of rotatable bonds is 6. The molecule has 0 unspecified atom stereocenters. The van der Waals surface area contributed by atoms with Gasteiger partial charge in [0.15, 0.2) is 5.13 Å². The summed E-state index contributed by atoms with van der Waals surface area (Å²) < 4.78 is 5.25. The lowest BCUT2D eigenvalue weighted by Gasteiger charge is -2.36. The highest BCUT2D eigenvalue weighted by Gasteiger charge is 2.22. The monoisotopic (exact) mass is 483 g/mol. The SMILES string of the molecule is O=C(Cn1ccc2ccc(Cl)cc21)N1CCN(c2cccc(SNc3nccs3)c2)CC1. The molecule has 6 nitrogen and oxygen atoms in total. The summed E-state index contributed by atoms with van der Waals surface area (Å²) in [6.45, 7) is 3.40. The van der Waals surface area contributed by atoms with Gasteiger partial charge in [-0.3, -0.25) is 4.79 Å². The highest BCUT2D eigenvalue weighted by Crippen LogP contribution is 2.27. The number of hydrogen-bond donors (Lipinski definition) is 1. The highest BCUT2D eigenvalue weighted by molar-refractivity contribution is 8.00. The number of nitrogens with zero attached hydrogens (tertiary/aromatic N) is 4. The molecule has 164 valence electrons. The first-order valence-electron chi connectivity index (χ1n) is 10.4. The van der Waals surface area contributed by atoms with Crippen molar-refractivity contribution in [3.63, 3.8) is 0 Å². The summed E-state index contributed by atoms with van der Waals surface area (Å²) in [5, 5.41) is 4.62. The van der Waals surface area contributed by atoms with E-state index in [4.69, 9.17) is 11.6 Å². The van der Waals surface area contributed by atoms with Crippen LogP contribution in [0.4, 0.5) is 10.8 Å². The number of aromatic nitrogens is 2. The number of fused-ring (bicyclic) bond motifs is 1. The Balaban J connectivity index is 1.18. The van der Waals surface area contributed by atoms with E-state index >= 15 is 0 Å². The maximum absolute atomic E-state index is 12.9. The average Bonchev–Trinajstić information content (AvgIpc) is 3.48. The minimum Gasteiger partial charge on any atom is -0.368 e. The molecule has 2 aromatic carbocycles. The molecular weight excluding hydrogens is 462 g/mol. The summed E-state index contributed by atoms with van der Waals surface area (Å²) in [7, 11) is 0. The molecule has 1 N–H and O–H groups in total. The molecule has 0 saturated carbocycles. The van der Waals surface area contributed by atoms with Crippen molar-refractivity contribution < 1.29 is 4.79 Å². The lowest BCUT2D eigenvalue weighted by Crippen LogP contribution is -2.49. The first-order chi connectivity index (χ1) is 15.7. The predicted molar refractivity (Wildman–Crippen MR) is 134 cm³/mol. The first kappa shape index (κ1) is 21.2. The molecule has 1 aliphatic rings. The molecule has 1 amide bonds. The zero-order chi connectivity index (χ0) is 21.9. The Hall–Kier alpha value is -2.68. The minimum absolute atomic E-state index is 0.138. The maximum Gasteiger partial charge on any atom is 0.242 e. The van der Waals surface area contributed by atoms with Crippen LogP contribution in [-0.4, -0.2) is 46.5 Å². The summed E-state index contributed by atoms with van der Waals surface area (Å²) in [4.78, 5) is 22.6. The van der Waals surface area contributed by atoms with Crippen LogP contribution in [0.1, 0.15) is 0 Å². The van der Waals surface area contributed by atoms with Gasteiger partial charge in [0.25, 0.3) is 0 Å². The van der Waals surface area contributed by atoms with Crippen molar-refractivity contribution in [2.75, 3.05) is 35.8 Å². The third-order valence-electron chi connectivity index (χ3n) is 5.55. The molecule has 0 radical (unpaired) electrons. The van der Waals surface area contributed by atoms with Gasteiger partial charge < -0.3 is 19.1 Å². The molecule has 0 atom stereocenters. The number of amides is 1. The van der Waals surface area contributed by atoms with Crippen molar-refractivity contribution >= 4 is 62.5 Å². The fourth-order valence-electron chi connectivity index (χ4n) is 3.87. The molecule has 1 aliphatic heterocycles. The molecule has 5 rings (SSSR count). The van der Waals surface area contributed by atoms with Gasteiger partial charge in [-0.05, 0) is 53.7 Å². The van der Waals surface area contributed by atoms with E-state index in [1.807, 2.05) is 45.3 Å². The number of carbonyl (C=O) groups excluding carboxylic acids is 1. The van der Waals surface area contributed by atoms with Crippen molar-refractivity contribution in [3.8, 4) is 0 Å². The third-order valence-corrected chi connectivity index (χ3v) is 7.38. The Bertz CT molecular complexity index is 1220. The molecule has 3 heterocycles. The number of thiazole rings is 1. The average molecular weight is 484 g/mol. The summed E-state index contributed by atoms with van der Waals surface area (Å²) in [6.07, 6.45) is 3.75. The van der Waals surface area contributed by atoms with Gasteiger partial charge in [-0.1, -0.05) is 23.7 Å². The van der Waals surface area contributed by atoms with Crippen molar-refractivity contribution in [3.05, 3.63) is 71.3 Å². The molecule has 0 spiro atoms. The van der Waals surface area contributed by atoms with Crippen LogP contribution in [0.5, 0.6) is 0 Å². The standard InChI is InChI=1S/C23H22ClN5OS2/c24-18-5-4-17-6-8-29(21(17)14-18)16-22(30)28-11-9-27(10-12-28)19-2-1-3-20(15-19)32-26-23-25-7-13-31-23/h1-8,13-15H,9-12,16H2,(H,25,26). The van der Waals surface area contributed by atoms with E-state index in [0.717, 1.165) is 34.0 Å². The van der Waals surface area contributed by atoms with Gasteiger partial charge in [0, 0.05) is 65.1 Å². The van der Waals surface area contributed by atoms with E-state index < -0.39 is 0 Å². The molecule has 1 fully saturated rings. The van der Waals surface area contributed by atoms with Gasteiger partial charge in [0.05, 0.1) is 0 Å². The van der Waals surface area contributed by atoms with E-state index in [0.29, 0.717) is 24.7 Å². The Morgan fingerprint density at radius 1 is 1.12 bits per heavy atom. The number of carbonyl (C=O) groups is 1. The second-order valence-electron chi connectivity index (χ2n) is 7.55. The van der Waals surface area contributed by atoms with Crippen LogP contribution in [-0.2, 0) is 11.3 Å². The quantitative estimate of drug-likeness (QED) is 0.381. The number of piperazine rings is 1. The topological polar surface area (TPSA) is 53.4 Å². The highest BCUT2D eigenvalue weighted by atomic mass is 35.5. The van der Waals surface area contributed by atoms with Gasteiger partial charge in [0.2, 0.25) is 5.91 Å². The van der Waals surface area contributed by atoms with E-state index in [1.165, 1.54) is 5.69 Å². The molecule has 1 saturated heterocycles. The van der Waals surface area contributed by atoms with E-state index in [-0.39, 0.29) is 5.91 Å². The number of hydrogen-bond acceptors (Lipinski definition) is 6. The zero-order valence-electron chi connectivity index (χ0n) is 17.3. The third kappa shape index (κ3) is 4.72. The van der Waals surface area contributed by atoms with Crippen LogP contribution >= 0.6 is 34.9 Å². The number of benzene rings is 2. The molecule has 9 heteroatoms. The summed E-state index contributed by atoms with van der Waals surface area (Å²) in [6, 6.07) is 16.2. The zero-order valence-corrected chi connectivity index (χ0v) is 19.7. The Kier molecular flexibility index (Phi) is 6.25. The van der Waals surface area contributed by atoms with Crippen LogP contribution in [0.2, 0.25) is 5.02 Å². The smallest absolute Gasteiger partial charge is 0.242 e. The maximum atomic E-state index is 12.9. The van der Waals surface area contributed by atoms with Crippen LogP contribution in [0.15, 0.2) is 71.2 Å². The number of halogens is 1. The molecule has 4 aromatic rings. The first-order valence-corrected chi connectivity index (χ1v) is 12.4. The van der Waals surface area contributed by atoms with Crippen LogP contribution in [0, 0.1) is 0 Å². The van der Waals surface area contributed by atoms with Gasteiger partial charge in [-0.25, -0.2) is 4.98 Å². The number of nitrogens with one attached hydrogen (secondary N) is 1. The molecule has 0 aliphatic carbocycles. The Morgan fingerprint density at radius 3 is 2.81 bits per heavy atom. The Labute approximate surface area is 199 Å². The van der Waals surface area contributed by atoms with Crippen LogP contribution in [0.25, 0.3) is 10.9 Å². The van der Waals surface area contributed by atoms with Crippen molar-refractivity contribution in [1.29, 1.82) is 0 Å². The second-order valence-corrected chi connectivity index (χ2v) is 9.76. The van der Waals surface area contributed by atoms with Crippen molar-refractivity contribution in [2.24, 2.45) is 0 Å². The molecule has 2 aromatic heterocycles. The largest absolute Gasteiger partial charge is 0.368 e. The van der Waals surface area contributed by atoms with Crippen LogP contribution < -0.4 is 9.62 Å². The normalized spacial score (nSPS) is 14.2. The van der Waals surface area contributed by atoms with Crippen LogP contribution in [0.3, 0.4) is 0 Å². The molecule has 0 bridgehead atoms. The Morgan fingerprint density at radius 2 is 2.00 bits per heavy atom. The summed E-state index contributed by atoms with van der Waals surface area (Å²) in [5.74, 6) is 0.138.